The molecule has 0 spiro atoms. The van der Waals surface area contributed by atoms with Gasteiger partial charge in [0.25, 0.3) is 0 Å². The fraction of sp³-hybridized carbons (Fsp3) is 0.273. The molecule has 0 aliphatic rings. The molecule has 0 heterocycles. The van der Waals surface area contributed by atoms with Gasteiger partial charge in [-0.1, -0.05) is 12.8 Å². The van der Waals surface area contributed by atoms with Gasteiger partial charge in [-0.25, -0.2) is 4.39 Å². The first-order valence-electron chi connectivity index (χ1n) is 4.06. The van der Waals surface area contributed by atoms with E-state index in [-0.39, 0.29) is 11.6 Å². The maximum absolute atomic E-state index is 13.5. The summed E-state index contributed by atoms with van der Waals surface area (Å²) in [5.74, 6) is 2.34. The van der Waals surface area contributed by atoms with Gasteiger partial charge in [-0.05, 0) is 18.6 Å². The highest BCUT2D eigenvalue weighted by atomic mass is 19.1. The van der Waals surface area contributed by atoms with Crippen LogP contribution >= 0.6 is 0 Å². The Morgan fingerprint density at radius 1 is 1.54 bits per heavy atom. The van der Waals surface area contributed by atoms with E-state index >= 15 is 0 Å². The van der Waals surface area contributed by atoms with Gasteiger partial charge in [0.1, 0.15) is 0 Å². The average molecular weight is 178 g/mol. The van der Waals surface area contributed by atoms with E-state index < -0.39 is 0 Å². The van der Waals surface area contributed by atoms with Gasteiger partial charge in [-0.2, -0.15) is 0 Å². The highest BCUT2D eigenvalue weighted by Gasteiger charge is 2.10. The molecule has 0 N–H and O–H groups in total. The van der Waals surface area contributed by atoms with Crippen LogP contribution in [0.25, 0.3) is 0 Å². The summed E-state index contributed by atoms with van der Waals surface area (Å²) in [4.78, 5) is 0. The molecule has 0 aromatic heterocycles. The van der Waals surface area contributed by atoms with Crippen LogP contribution < -0.4 is 4.74 Å². The first kappa shape index (κ1) is 9.60. The summed E-state index contributed by atoms with van der Waals surface area (Å²) < 4.78 is 18.3. The summed E-state index contributed by atoms with van der Waals surface area (Å²) in [5, 5.41) is 0. The van der Waals surface area contributed by atoms with Gasteiger partial charge in [0, 0.05) is 11.1 Å². The summed E-state index contributed by atoms with van der Waals surface area (Å²) in [6, 6.07) is 3.24. The predicted octanol–water partition coefficient (Wildman–Crippen LogP) is 2.38. The second kappa shape index (κ2) is 3.95. The molecule has 0 bridgehead atoms. The van der Waals surface area contributed by atoms with Gasteiger partial charge < -0.3 is 4.74 Å². The molecular formula is C11H11FO. The predicted molar refractivity (Wildman–Crippen MR) is 50.3 cm³/mol. The van der Waals surface area contributed by atoms with Crippen LogP contribution in [0.3, 0.4) is 0 Å². The van der Waals surface area contributed by atoms with Crippen molar-refractivity contribution in [2.24, 2.45) is 0 Å². The molecule has 0 amide bonds. The smallest absolute Gasteiger partial charge is 0.169 e. The number of methoxy groups -OCH3 is 1. The maximum Gasteiger partial charge on any atom is 0.169 e. The molecule has 1 aromatic carbocycles. The van der Waals surface area contributed by atoms with Gasteiger partial charge >= 0.3 is 0 Å². The maximum atomic E-state index is 13.5. The minimum atomic E-state index is -0.347. The van der Waals surface area contributed by atoms with Crippen molar-refractivity contribution < 1.29 is 9.13 Å². The summed E-state index contributed by atoms with van der Waals surface area (Å²) >= 11 is 0. The van der Waals surface area contributed by atoms with E-state index in [1.165, 1.54) is 7.11 Å². The van der Waals surface area contributed by atoms with Crippen LogP contribution in [-0.2, 0) is 6.42 Å². The highest BCUT2D eigenvalue weighted by molar-refractivity contribution is 5.45. The average Bonchev–Trinajstić information content (AvgIpc) is 2.17. The lowest BCUT2D eigenvalue weighted by atomic mass is 10.0. The van der Waals surface area contributed by atoms with Crippen molar-refractivity contribution in [3.05, 3.63) is 29.1 Å². The largest absolute Gasteiger partial charge is 0.494 e. The SMILES string of the molecule is C#Cc1ccc(OC)c(F)c1CC. The monoisotopic (exact) mass is 178 g/mol. The third-order valence-corrected chi connectivity index (χ3v) is 1.94. The van der Waals surface area contributed by atoms with E-state index in [2.05, 4.69) is 5.92 Å². The van der Waals surface area contributed by atoms with Crippen LogP contribution in [0.5, 0.6) is 5.75 Å². The topological polar surface area (TPSA) is 9.23 Å². The zero-order valence-corrected chi connectivity index (χ0v) is 7.73. The summed E-state index contributed by atoms with van der Waals surface area (Å²) in [6.07, 6.45) is 5.80. The van der Waals surface area contributed by atoms with Crippen molar-refractivity contribution in [3.63, 3.8) is 0 Å². The van der Waals surface area contributed by atoms with Crippen molar-refractivity contribution in [1.82, 2.24) is 0 Å². The standard InChI is InChI=1S/C11H11FO/c1-4-8-6-7-10(13-3)11(12)9(8)5-2/h1,6-7H,5H2,2-3H3. The molecular weight excluding hydrogens is 167 g/mol. The molecule has 0 saturated heterocycles. The minimum absolute atomic E-state index is 0.246. The normalized spacial score (nSPS) is 9.38. The van der Waals surface area contributed by atoms with Crippen LogP contribution in [0.15, 0.2) is 12.1 Å². The molecule has 0 fully saturated rings. The molecule has 0 unspecified atom stereocenters. The molecule has 13 heavy (non-hydrogen) atoms. The Labute approximate surface area is 77.5 Å². The molecule has 0 radical (unpaired) electrons. The zero-order chi connectivity index (χ0) is 9.84. The van der Waals surface area contributed by atoms with Crippen molar-refractivity contribution in [1.29, 1.82) is 0 Å². The molecule has 2 heteroatoms. The van der Waals surface area contributed by atoms with Gasteiger partial charge in [-0.15, -0.1) is 6.42 Å². The Balaban J connectivity index is 3.34. The lowest BCUT2D eigenvalue weighted by Gasteiger charge is -2.07. The lowest BCUT2D eigenvalue weighted by Crippen LogP contribution is -1.97. The Bertz CT molecular complexity index is 350. The molecule has 0 saturated carbocycles. The third-order valence-electron chi connectivity index (χ3n) is 1.94. The van der Waals surface area contributed by atoms with Crippen molar-refractivity contribution in [3.8, 4) is 18.1 Å². The van der Waals surface area contributed by atoms with Crippen LogP contribution in [0.4, 0.5) is 4.39 Å². The van der Waals surface area contributed by atoms with Crippen molar-refractivity contribution in [2.45, 2.75) is 13.3 Å². The molecule has 1 nitrogen and oxygen atoms in total. The van der Waals surface area contributed by atoms with Gasteiger partial charge in [0.15, 0.2) is 11.6 Å². The number of terminal acetylenes is 1. The van der Waals surface area contributed by atoms with Gasteiger partial charge in [0.2, 0.25) is 0 Å². The van der Waals surface area contributed by atoms with E-state index in [0.29, 0.717) is 17.5 Å². The van der Waals surface area contributed by atoms with E-state index in [1.807, 2.05) is 6.92 Å². The fourth-order valence-electron chi connectivity index (χ4n) is 1.24. The second-order valence-corrected chi connectivity index (χ2v) is 2.61. The number of hydrogen-bond donors (Lipinski definition) is 0. The van der Waals surface area contributed by atoms with Gasteiger partial charge in [0.05, 0.1) is 7.11 Å². The van der Waals surface area contributed by atoms with E-state index in [0.717, 1.165) is 0 Å². The number of hydrogen-bond acceptors (Lipinski definition) is 1. The van der Waals surface area contributed by atoms with Crippen molar-refractivity contribution >= 4 is 0 Å². The van der Waals surface area contributed by atoms with Crippen LogP contribution in [0, 0.1) is 18.2 Å². The first-order valence-corrected chi connectivity index (χ1v) is 4.06. The van der Waals surface area contributed by atoms with Crippen LogP contribution in [0.2, 0.25) is 0 Å². The van der Waals surface area contributed by atoms with Crippen LogP contribution in [-0.4, -0.2) is 7.11 Å². The summed E-state index contributed by atoms with van der Waals surface area (Å²) in [5.41, 5.74) is 1.14. The Kier molecular flexibility index (Phi) is 2.92. The molecule has 1 rings (SSSR count). The number of halogens is 1. The Hall–Kier alpha value is -1.49. The third kappa shape index (κ3) is 1.65. The van der Waals surface area contributed by atoms with E-state index in [4.69, 9.17) is 11.2 Å². The molecule has 68 valence electrons. The molecule has 0 aliphatic carbocycles. The number of ether oxygens (including phenoxy) is 1. The van der Waals surface area contributed by atoms with E-state index in [9.17, 15) is 4.39 Å². The quantitative estimate of drug-likeness (QED) is 0.632. The number of rotatable bonds is 2. The second-order valence-electron chi connectivity index (χ2n) is 2.61. The minimum Gasteiger partial charge on any atom is -0.494 e. The molecule has 0 atom stereocenters. The zero-order valence-electron chi connectivity index (χ0n) is 7.73. The van der Waals surface area contributed by atoms with Crippen LogP contribution in [0.1, 0.15) is 18.1 Å². The summed E-state index contributed by atoms with van der Waals surface area (Å²) in [7, 11) is 1.44. The molecule has 1 aromatic rings. The first-order chi connectivity index (χ1) is 6.24. The summed E-state index contributed by atoms with van der Waals surface area (Å²) in [6.45, 7) is 1.86. The van der Waals surface area contributed by atoms with Gasteiger partial charge in [-0.3, -0.25) is 0 Å². The van der Waals surface area contributed by atoms with Crippen molar-refractivity contribution in [2.75, 3.05) is 7.11 Å². The van der Waals surface area contributed by atoms with E-state index in [1.54, 1.807) is 12.1 Å². The highest BCUT2D eigenvalue weighted by Crippen LogP contribution is 2.23. The molecule has 0 aliphatic heterocycles. The Morgan fingerprint density at radius 3 is 2.69 bits per heavy atom. The number of benzene rings is 1. The Morgan fingerprint density at radius 2 is 2.23 bits per heavy atom. The lowest BCUT2D eigenvalue weighted by molar-refractivity contribution is 0.384. The fourth-order valence-corrected chi connectivity index (χ4v) is 1.24.